The average molecular weight is 230 g/mol. The lowest BCUT2D eigenvalue weighted by molar-refractivity contribution is 0.298. The minimum Gasteiger partial charge on any atom is -0.490 e. The molecule has 0 aliphatic heterocycles. The zero-order valence-corrected chi connectivity index (χ0v) is 10.6. The van der Waals surface area contributed by atoms with Gasteiger partial charge in [0.1, 0.15) is 11.4 Å². The highest BCUT2D eigenvalue weighted by molar-refractivity contribution is 5.50. The Bertz CT molecular complexity index is 553. The van der Waals surface area contributed by atoms with Crippen molar-refractivity contribution < 1.29 is 4.74 Å². The van der Waals surface area contributed by atoms with Crippen LogP contribution in [0.25, 0.3) is 5.65 Å². The second-order valence-corrected chi connectivity index (χ2v) is 5.21. The summed E-state index contributed by atoms with van der Waals surface area (Å²) in [4.78, 5) is 4.48. The summed E-state index contributed by atoms with van der Waals surface area (Å²) in [5.41, 5.74) is 3.28. The van der Waals surface area contributed by atoms with E-state index < -0.39 is 0 Å². The first-order valence-corrected chi connectivity index (χ1v) is 6.29. The Morgan fingerprint density at radius 1 is 1.35 bits per heavy atom. The number of imidazole rings is 1. The monoisotopic (exact) mass is 230 g/mol. The molecule has 3 rings (SSSR count). The van der Waals surface area contributed by atoms with Gasteiger partial charge in [-0.25, -0.2) is 4.98 Å². The third-order valence-electron chi connectivity index (χ3n) is 3.14. The largest absolute Gasteiger partial charge is 0.490 e. The standard InChI is InChI=1S/C14H18N2O/c1-9(2)12-8-16-7-10(3)15-14(16)6-13(12)17-11-4-5-11/h6-9,11H,4-5H2,1-3H3. The number of pyridine rings is 1. The number of nitrogens with zero attached hydrogens (tertiary/aromatic N) is 2. The van der Waals surface area contributed by atoms with E-state index in [1.54, 1.807) is 0 Å². The number of aromatic nitrogens is 2. The van der Waals surface area contributed by atoms with Crippen LogP contribution in [0.2, 0.25) is 0 Å². The molecule has 0 saturated heterocycles. The summed E-state index contributed by atoms with van der Waals surface area (Å²) in [7, 11) is 0. The van der Waals surface area contributed by atoms with Gasteiger partial charge in [-0.3, -0.25) is 0 Å². The lowest BCUT2D eigenvalue weighted by atomic mass is 10.0. The fourth-order valence-corrected chi connectivity index (χ4v) is 2.06. The van der Waals surface area contributed by atoms with Crippen LogP contribution in [0.5, 0.6) is 5.75 Å². The highest BCUT2D eigenvalue weighted by Crippen LogP contribution is 2.33. The number of ether oxygens (including phenoxy) is 1. The Labute approximate surface area is 101 Å². The summed E-state index contributed by atoms with van der Waals surface area (Å²) >= 11 is 0. The summed E-state index contributed by atoms with van der Waals surface area (Å²) < 4.78 is 8.07. The van der Waals surface area contributed by atoms with E-state index in [2.05, 4.69) is 41.7 Å². The van der Waals surface area contributed by atoms with Crippen molar-refractivity contribution in [3.63, 3.8) is 0 Å². The molecule has 1 fully saturated rings. The maximum atomic E-state index is 5.98. The fraction of sp³-hybridized carbons (Fsp3) is 0.500. The Morgan fingerprint density at radius 2 is 2.12 bits per heavy atom. The third-order valence-corrected chi connectivity index (χ3v) is 3.14. The summed E-state index contributed by atoms with van der Waals surface area (Å²) in [6.45, 7) is 6.42. The predicted octanol–water partition coefficient (Wildman–Crippen LogP) is 3.31. The van der Waals surface area contributed by atoms with Crippen LogP contribution in [0.3, 0.4) is 0 Å². The maximum absolute atomic E-state index is 5.98. The van der Waals surface area contributed by atoms with E-state index >= 15 is 0 Å². The van der Waals surface area contributed by atoms with Crippen molar-refractivity contribution in [2.75, 3.05) is 0 Å². The molecule has 3 nitrogen and oxygen atoms in total. The number of aryl methyl sites for hydroxylation is 1. The topological polar surface area (TPSA) is 26.5 Å². The molecule has 1 aliphatic carbocycles. The lowest BCUT2D eigenvalue weighted by Crippen LogP contribution is -2.02. The molecule has 0 unspecified atom stereocenters. The van der Waals surface area contributed by atoms with E-state index in [1.165, 1.54) is 18.4 Å². The Balaban J connectivity index is 2.10. The van der Waals surface area contributed by atoms with Crippen LogP contribution >= 0.6 is 0 Å². The molecule has 3 heteroatoms. The molecule has 17 heavy (non-hydrogen) atoms. The predicted molar refractivity (Wildman–Crippen MR) is 67.7 cm³/mol. The molecule has 1 saturated carbocycles. The van der Waals surface area contributed by atoms with Gasteiger partial charge in [0.05, 0.1) is 11.8 Å². The molecule has 0 bridgehead atoms. The van der Waals surface area contributed by atoms with Crippen molar-refractivity contribution in [3.8, 4) is 5.75 Å². The van der Waals surface area contributed by atoms with Gasteiger partial charge in [-0.05, 0) is 25.7 Å². The minimum atomic E-state index is 0.436. The molecular formula is C14H18N2O. The second kappa shape index (κ2) is 3.76. The van der Waals surface area contributed by atoms with Gasteiger partial charge in [0.25, 0.3) is 0 Å². The molecule has 0 aromatic carbocycles. The van der Waals surface area contributed by atoms with Gasteiger partial charge < -0.3 is 9.14 Å². The molecule has 0 spiro atoms. The Kier molecular flexibility index (Phi) is 2.35. The van der Waals surface area contributed by atoms with Gasteiger partial charge in [0, 0.05) is 24.0 Å². The number of rotatable bonds is 3. The van der Waals surface area contributed by atoms with Gasteiger partial charge in [-0.2, -0.15) is 0 Å². The normalized spacial score (nSPS) is 15.8. The highest BCUT2D eigenvalue weighted by atomic mass is 16.5. The molecule has 0 atom stereocenters. The molecule has 0 radical (unpaired) electrons. The van der Waals surface area contributed by atoms with Gasteiger partial charge in [-0.1, -0.05) is 13.8 Å². The number of hydrogen-bond donors (Lipinski definition) is 0. The van der Waals surface area contributed by atoms with Crippen LogP contribution in [-0.2, 0) is 0 Å². The molecule has 2 heterocycles. The molecule has 2 aromatic heterocycles. The maximum Gasteiger partial charge on any atom is 0.140 e. The van der Waals surface area contributed by atoms with Gasteiger partial charge in [-0.15, -0.1) is 0 Å². The Morgan fingerprint density at radius 3 is 2.76 bits per heavy atom. The molecular weight excluding hydrogens is 212 g/mol. The van der Waals surface area contributed by atoms with E-state index in [4.69, 9.17) is 4.74 Å². The number of hydrogen-bond acceptors (Lipinski definition) is 2. The first-order valence-electron chi connectivity index (χ1n) is 6.29. The average Bonchev–Trinajstić information content (AvgIpc) is 2.97. The first kappa shape index (κ1) is 10.6. The van der Waals surface area contributed by atoms with Gasteiger partial charge in [0.2, 0.25) is 0 Å². The summed E-state index contributed by atoms with van der Waals surface area (Å²) in [6.07, 6.45) is 7.03. The van der Waals surface area contributed by atoms with Crippen molar-refractivity contribution in [1.29, 1.82) is 0 Å². The lowest BCUT2D eigenvalue weighted by Gasteiger charge is -2.14. The van der Waals surface area contributed by atoms with Crippen molar-refractivity contribution in [2.45, 2.75) is 45.6 Å². The second-order valence-electron chi connectivity index (χ2n) is 5.21. The molecule has 1 aliphatic rings. The van der Waals surface area contributed by atoms with Crippen molar-refractivity contribution >= 4 is 5.65 Å². The summed E-state index contributed by atoms with van der Waals surface area (Å²) in [5.74, 6) is 1.48. The van der Waals surface area contributed by atoms with Gasteiger partial charge in [0.15, 0.2) is 0 Å². The van der Waals surface area contributed by atoms with Crippen LogP contribution in [-0.4, -0.2) is 15.5 Å². The molecule has 90 valence electrons. The van der Waals surface area contributed by atoms with Gasteiger partial charge >= 0.3 is 0 Å². The van der Waals surface area contributed by atoms with E-state index in [0.717, 1.165) is 17.1 Å². The first-order chi connectivity index (χ1) is 8.13. The zero-order chi connectivity index (χ0) is 12.0. The van der Waals surface area contributed by atoms with Crippen LogP contribution in [0, 0.1) is 6.92 Å². The molecule has 0 N–H and O–H groups in total. The quantitative estimate of drug-likeness (QED) is 0.808. The van der Waals surface area contributed by atoms with Crippen LogP contribution in [0.1, 0.15) is 43.9 Å². The summed E-state index contributed by atoms with van der Waals surface area (Å²) in [6, 6.07) is 2.07. The highest BCUT2D eigenvalue weighted by Gasteiger charge is 2.25. The summed E-state index contributed by atoms with van der Waals surface area (Å²) in [5, 5.41) is 0. The van der Waals surface area contributed by atoms with Crippen LogP contribution < -0.4 is 4.74 Å². The van der Waals surface area contributed by atoms with Crippen molar-refractivity contribution in [2.24, 2.45) is 0 Å². The van der Waals surface area contributed by atoms with E-state index in [0.29, 0.717) is 12.0 Å². The van der Waals surface area contributed by atoms with Crippen LogP contribution in [0.15, 0.2) is 18.5 Å². The third kappa shape index (κ3) is 2.02. The zero-order valence-electron chi connectivity index (χ0n) is 10.6. The minimum absolute atomic E-state index is 0.436. The molecule has 0 amide bonds. The smallest absolute Gasteiger partial charge is 0.140 e. The number of fused-ring (bicyclic) bond motifs is 1. The molecule has 2 aromatic rings. The SMILES string of the molecule is Cc1cn2cc(C(C)C)c(OC3CC3)cc2n1. The van der Waals surface area contributed by atoms with E-state index in [1.807, 2.05) is 6.92 Å². The van der Waals surface area contributed by atoms with Crippen molar-refractivity contribution in [3.05, 3.63) is 29.7 Å². The van der Waals surface area contributed by atoms with E-state index in [-0.39, 0.29) is 0 Å². The van der Waals surface area contributed by atoms with Crippen LogP contribution in [0.4, 0.5) is 0 Å². The van der Waals surface area contributed by atoms with E-state index in [9.17, 15) is 0 Å². The Hall–Kier alpha value is -1.51. The fourth-order valence-electron chi connectivity index (χ4n) is 2.06. The van der Waals surface area contributed by atoms with Crippen molar-refractivity contribution in [1.82, 2.24) is 9.38 Å².